The SMILES string of the molecule is CC(C)(C)OC(=O)c1cnc(CBr)s1.[C-]#[N+]c1ncc2[nH]c(=S)[nH]c2c1C.[C-]#[N+]c1ncc2[nH]c(SCc3ncc(C(=O)OC(C)(C)C)s3)nc2c1C. The summed E-state index contributed by atoms with van der Waals surface area (Å²) in [5.41, 5.74) is 3.88. The van der Waals surface area contributed by atoms with Crippen LogP contribution in [0.4, 0.5) is 11.6 Å². The molecule has 0 aromatic carbocycles. The molecular formula is C34H35BrN10O4S4. The Morgan fingerprint density at radius 2 is 1.34 bits per heavy atom. The number of thioether (sulfide) groups is 1. The van der Waals surface area contributed by atoms with Crippen molar-refractivity contribution in [2.24, 2.45) is 0 Å². The second kappa shape index (κ2) is 17.5. The Morgan fingerprint density at radius 3 is 1.87 bits per heavy atom. The zero-order valence-corrected chi connectivity index (χ0v) is 34.9. The number of nitrogens with one attached hydrogen (secondary N) is 3. The number of rotatable bonds is 6. The number of alkyl halides is 1. The molecule has 53 heavy (non-hydrogen) atoms. The van der Waals surface area contributed by atoms with Crippen LogP contribution in [0.2, 0.25) is 0 Å². The number of pyridine rings is 2. The first-order chi connectivity index (χ1) is 24.9. The van der Waals surface area contributed by atoms with Crippen molar-refractivity contribution < 1.29 is 19.1 Å². The second-order valence-corrected chi connectivity index (χ2v) is 17.1. The van der Waals surface area contributed by atoms with Crippen LogP contribution in [0.5, 0.6) is 0 Å². The molecule has 0 amide bonds. The largest absolute Gasteiger partial charge is 0.456 e. The van der Waals surface area contributed by atoms with Gasteiger partial charge in [-0.2, -0.15) is 0 Å². The summed E-state index contributed by atoms with van der Waals surface area (Å²) < 4.78 is 11.1. The average molecular weight is 856 g/mol. The van der Waals surface area contributed by atoms with Crippen molar-refractivity contribution >= 4 is 108 Å². The third kappa shape index (κ3) is 11.5. The van der Waals surface area contributed by atoms with Crippen molar-refractivity contribution in [3.05, 3.63) is 83.3 Å². The molecular weight excluding hydrogens is 821 g/mol. The third-order valence-electron chi connectivity index (χ3n) is 6.46. The highest BCUT2D eigenvalue weighted by atomic mass is 79.9. The number of thiazole rings is 2. The Balaban J connectivity index is 0.000000196. The Morgan fingerprint density at radius 1 is 0.811 bits per heavy atom. The molecule has 0 saturated carbocycles. The highest BCUT2D eigenvalue weighted by molar-refractivity contribution is 9.08. The molecule has 0 saturated heterocycles. The van der Waals surface area contributed by atoms with E-state index in [9.17, 15) is 9.59 Å². The van der Waals surface area contributed by atoms with Gasteiger partial charge in [0.15, 0.2) is 9.93 Å². The number of hydrogen-bond donors (Lipinski definition) is 3. The van der Waals surface area contributed by atoms with Gasteiger partial charge in [-0.1, -0.05) is 40.8 Å². The normalized spacial score (nSPS) is 11.2. The number of imidazole rings is 2. The molecule has 0 fully saturated rings. The predicted octanol–water partition coefficient (Wildman–Crippen LogP) is 9.99. The maximum atomic E-state index is 12.1. The average Bonchev–Trinajstić information content (AvgIpc) is 3.89. The Labute approximate surface area is 331 Å². The Kier molecular flexibility index (Phi) is 13.6. The molecule has 0 aliphatic heterocycles. The van der Waals surface area contributed by atoms with E-state index in [2.05, 4.69) is 65.5 Å². The van der Waals surface area contributed by atoms with E-state index >= 15 is 0 Å². The summed E-state index contributed by atoms with van der Waals surface area (Å²) in [5.74, 6) is 0.695. The summed E-state index contributed by atoms with van der Waals surface area (Å²) in [6, 6.07) is 0. The fourth-order valence-electron chi connectivity index (χ4n) is 4.21. The summed E-state index contributed by atoms with van der Waals surface area (Å²) in [6.45, 7) is 28.7. The van der Waals surface area contributed by atoms with Crippen molar-refractivity contribution in [2.75, 3.05) is 0 Å². The highest BCUT2D eigenvalue weighted by Gasteiger charge is 2.21. The van der Waals surface area contributed by atoms with Crippen LogP contribution >= 0.6 is 62.6 Å². The number of H-pyrrole nitrogens is 3. The van der Waals surface area contributed by atoms with Gasteiger partial charge in [-0.3, -0.25) is 0 Å². The van der Waals surface area contributed by atoms with Gasteiger partial charge in [-0.25, -0.2) is 24.5 Å². The minimum atomic E-state index is -0.527. The highest BCUT2D eigenvalue weighted by Crippen LogP contribution is 2.29. The zero-order chi connectivity index (χ0) is 39.1. The number of hydrogen-bond acceptors (Lipinski definition) is 13. The number of fused-ring (bicyclic) bond motifs is 2. The van der Waals surface area contributed by atoms with E-state index in [4.69, 9.17) is 34.8 Å². The number of aromatic amines is 3. The maximum Gasteiger partial charge on any atom is 0.350 e. The topological polar surface area (TPSA) is 173 Å². The first-order valence-electron chi connectivity index (χ1n) is 15.6. The van der Waals surface area contributed by atoms with Gasteiger partial charge in [0.05, 0.1) is 34.5 Å². The van der Waals surface area contributed by atoms with E-state index in [0.717, 1.165) is 48.4 Å². The van der Waals surface area contributed by atoms with Gasteiger partial charge in [0.2, 0.25) is 0 Å². The molecule has 276 valence electrons. The number of ether oxygens (including phenoxy) is 2. The van der Waals surface area contributed by atoms with Crippen LogP contribution in [-0.4, -0.2) is 63.0 Å². The van der Waals surface area contributed by atoms with Crippen LogP contribution in [0.1, 0.15) is 82.0 Å². The van der Waals surface area contributed by atoms with Crippen LogP contribution in [0.3, 0.4) is 0 Å². The first kappa shape index (κ1) is 41.2. The van der Waals surface area contributed by atoms with E-state index in [1.807, 2.05) is 55.4 Å². The van der Waals surface area contributed by atoms with Crippen molar-refractivity contribution in [3.63, 3.8) is 0 Å². The molecule has 0 bridgehead atoms. The lowest BCUT2D eigenvalue weighted by atomic mass is 10.2. The molecule has 3 N–H and O–H groups in total. The van der Waals surface area contributed by atoms with Gasteiger partial charge in [0, 0.05) is 11.1 Å². The Hall–Kier alpha value is -4.53. The van der Waals surface area contributed by atoms with Gasteiger partial charge in [0.25, 0.3) is 11.6 Å². The van der Waals surface area contributed by atoms with Gasteiger partial charge >= 0.3 is 11.9 Å². The minimum absolute atomic E-state index is 0.304. The molecule has 0 radical (unpaired) electrons. The monoisotopic (exact) mass is 854 g/mol. The summed E-state index contributed by atoms with van der Waals surface area (Å²) in [5, 5.41) is 3.08. The second-order valence-electron chi connectivity index (χ2n) is 13.0. The fourth-order valence-corrected chi connectivity index (χ4v) is 7.23. The standard InChI is InChI=1S/C17H17N5O2S2.C9H12BrNO2S.C8H6N4S/c1-9-13-10(6-20-14(9)18-5)21-16(22-13)25-8-12-19-7-11(26-12)15(23)24-17(2,3)4;1-9(2,3)13-8(12)6-5-11-7(4-10)14-6;1-4-6-5(11-8(13)12-6)3-10-7(4)9-2/h6-7H,8H2,1-4H3,(H,21,22);5H,4H2,1-3H3;3H,1H3,(H2,11,12,13). The van der Waals surface area contributed by atoms with Gasteiger partial charge < -0.3 is 34.1 Å². The predicted molar refractivity (Wildman–Crippen MR) is 214 cm³/mol. The van der Waals surface area contributed by atoms with Gasteiger partial charge in [-0.05, 0) is 67.6 Å². The third-order valence-corrected chi connectivity index (χ3v) is 10.6. The lowest BCUT2D eigenvalue weighted by molar-refractivity contribution is 0.00622. The number of nitrogens with zero attached hydrogens (tertiary/aromatic N) is 7. The molecule has 0 unspecified atom stereocenters. The molecule has 0 atom stereocenters. The molecule has 19 heteroatoms. The van der Waals surface area contributed by atoms with E-state index in [1.165, 1.54) is 34.4 Å². The Bertz CT molecular complexity index is 2400. The molecule has 6 aromatic rings. The summed E-state index contributed by atoms with van der Waals surface area (Å²) >= 11 is 12.4. The quantitative estimate of drug-likeness (QED) is 0.0478. The summed E-state index contributed by atoms with van der Waals surface area (Å²) in [7, 11) is 0. The van der Waals surface area contributed by atoms with E-state index in [0.29, 0.717) is 37.2 Å². The van der Waals surface area contributed by atoms with Crippen molar-refractivity contribution in [1.82, 2.24) is 39.9 Å². The minimum Gasteiger partial charge on any atom is -0.456 e. The summed E-state index contributed by atoms with van der Waals surface area (Å²) in [4.78, 5) is 61.4. The van der Waals surface area contributed by atoms with E-state index in [-0.39, 0.29) is 11.9 Å². The van der Waals surface area contributed by atoms with Crippen LogP contribution in [0.15, 0.2) is 29.9 Å². The van der Waals surface area contributed by atoms with Crippen LogP contribution in [0.25, 0.3) is 31.8 Å². The van der Waals surface area contributed by atoms with E-state index in [1.54, 1.807) is 24.8 Å². The van der Waals surface area contributed by atoms with Crippen molar-refractivity contribution in [2.45, 2.75) is 82.8 Å². The van der Waals surface area contributed by atoms with Crippen molar-refractivity contribution in [3.8, 4) is 0 Å². The number of aromatic nitrogens is 8. The number of halogens is 1. The lowest BCUT2D eigenvalue weighted by Crippen LogP contribution is -2.23. The fraction of sp³-hybridized carbons (Fsp3) is 0.353. The van der Waals surface area contributed by atoms with Crippen LogP contribution in [0, 0.1) is 31.8 Å². The zero-order valence-electron chi connectivity index (χ0n) is 30.0. The number of carbonyl (C=O) groups excluding carboxylic acids is 2. The molecule has 0 aliphatic rings. The lowest BCUT2D eigenvalue weighted by Gasteiger charge is -2.18. The van der Waals surface area contributed by atoms with Crippen LogP contribution < -0.4 is 0 Å². The summed E-state index contributed by atoms with van der Waals surface area (Å²) in [6.07, 6.45) is 6.33. The maximum absolute atomic E-state index is 12.1. The molecule has 0 spiro atoms. The van der Waals surface area contributed by atoms with Crippen molar-refractivity contribution in [1.29, 1.82) is 0 Å². The van der Waals surface area contributed by atoms with Gasteiger partial charge in [0.1, 0.15) is 54.4 Å². The molecule has 14 nitrogen and oxygen atoms in total. The molecule has 6 aromatic heterocycles. The molecule has 6 heterocycles. The van der Waals surface area contributed by atoms with Gasteiger partial charge in [-0.15, -0.1) is 32.6 Å². The molecule has 0 aliphatic carbocycles. The van der Waals surface area contributed by atoms with E-state index < -0.39 is 11.2 Å². The number of esters is 2. The first-order valence-corrected chi connectivity index (χ1v) is 19.8. The molecule has 6 rings (SSSR count). The van der Waals surface area contributed by atoms with Crippen LogP contribution in [-0.2, 0) is 20.6 Å². The smallest absolute Gasteiger partial charge is 0.350 e. The number of carbonyl (C=O) groups is 2. The number of aryl methyl sites for hydroxylation is 2.